The lowest BCUT2D eigenvalue weighted by molar-refractivity contribution is -0.118. The van der Waals surface area contributed by atoms with Gasteiger partial charge in [0.1, 0.15) is 5.69 Å². The van der Waals surface area contributed by atoms with Gasteiger partial charge in [0.15, 0.2) is 5.65 Å². The van der Waals surface area contributed by atoms with Crippen LogP contribution in [0.3, 0.4) is 0 Å². The number of hydrogen-bond donors (Lipinski definition) is 3. The summed E-state index contributed by atoms with van der Waals surface area (Å²) in [4.78, 5) is 39.5. The zero-order chi connectivity index (χ0) is 25.5. The number of H-pyrrole nitrogens is 2. The van der Waals surface area contributed by atoms with Crippen LogP contribution in [-0.4, -0.2) is 55.0 Å². The number of aromatic nitrogens is 5. The maximum atomic E-state index is 13.2. The lowest BCUT2D eigenvalue weighted by Crippen LogP contribution is -2.27. The van der Waals surface area contributed by atoms with Crippen LogP contribution in [0, 0.1) is 5.92 Å². The van der Waals surface area contributed by atoms with E-state index in [2.05, 4.69) is 30.5 Å². The highest BCUT2D eigenvalue weighted by Crippen LogP contribution is 2.32. The molecule has 9 nitrogen and oxygen atoms in total. The Bertz CT molecular complexity index is 1640. The predicted molar refractivity (Wildman–Crippen MR) is 143 cm³/mol. The van der Waals surface area contributed by atoms with Gasteiger partial charge in [0, 0.05) is 64.4 Å². The van der Waals surface area contributed by atoms with E-state index in [-0.39, 0.29) is 17.7 Å². The number of fused-ring (bicyclic) bond motifs is 2. The van der Waals surface area contributed by atoms with Gasteiger partial charge in [-0.15, -0.1) is 0 Å². The molecule has 9 heteroatoms. The smallest absolute Gasteiger partial charge is 0.254 e. The van der Waals surface area contributed by atoms with Crippen molar-refractivity contribution in [2.45, 2.75) is 26.7 Å². The summed E-state index contributed by atoms with van der Waals surface area (Å²) in [5.41, 5.74) is 6.08. The zero-order valence-corrected chi connectivity index (χ0v) is 20.7. The van der Waals surface area contributed by atoms with Gasteiger partial charge in [-0.05, 0) is 43.2 Å². The van der Waals surface area contributed by atoms with Crippen LogP contribution in [0.15, 0.2) is 55.0 Å². The molecule has 6 rings (SSSR count). The van der Waals surface area contributed by atoms with E-state index in [1.165, 1.54) is 0 Å². The Balaban J connectivity index is 1.38. The van der Waals surface area contributed by atoms with Crippen LogP contribution in [0.1, 0.15) is 37.0 Å². The molecular weight excluding hydrogens is 466 g/mol. The highest BCUT2D eigenvalue weighted by molar-refractivity contribution is 6.08. The van der Waals surface area contributed by atoms with Gasteiger partial charge >= 0.3 is 0 Å². The molecule has 1 fully saturated rings. The number of nitrogens with one attached hydrogen (secondary N) is 3. The van der Waals surface area contributed by atoms with Crippen LogP contribution in [-0.2, 0) is 4.79 Å². The Morgan fingerprint density at radius 3 is 2.62 bits per heavy atom. The molecule has 1 saturated heterocycles. The van der Waals surface area contributed by atoms with Crippen LogP contribution in [0.2, 0.25) is 0 Å². The van der Waals surface area contributed by atoms with Crippen molar-refractivity contribution in [2.24, 2.45) is 5.92 Å². The van der Waals surface area contributed by atoms with Gasteiger partial charge in [0.05, 0.1) is 17.6 Å². The number of nitrogens with zero attached hydrogens (tertiary/aromatic N) is 4. The lowest BCUT2D eigenvalue weighted by Gasteiger charge is -2.15. The SMILES string of the molecule is CC(C)C(=O)Nc1cncc(-c2cnc3[nH]nc(-c4cc5c(C(=O)N6CCCC6)cccc5[nH]4)c3c2)c1. The van der Waals surface area contributed by atoms with Gasteiger partial charge in [0.25, 0.3) is 5.91 Å². The molecule has 0 unspecified atom stereocenters. The van der Waals surface area contributed by atoms with Crippen LogP contribution in [0.25, 0.3) is 44.5 Å². The van der Waals surface area contributed by atoms with Crippen LogP contribution in [0.5, 0.6) is 0 Å². The van der Waals surface area contributed by atoms with Crippen molar-refractivity contribution >= 4 is 39.4 Å². The van der Waals surface area contributed by atoms with Crippen molar-refractivity contribution in [3.8, 4) is 22.5 Å². The molecule has 4 aromatic heterocycles. The van der Waals surface area contributed by atoms with Gasteiger partial charge in [-0.3, -0.25) is 19.7 Å². The molecule has 186 valence electrons. The first kappa shape index (κ1) is 22.9. The lowest BCUT2D eigenvalue weighted by atomic mass is 10.1. The van der Waals surface area contributed by atoms with Crippen LogP contribution < -0.4 is 5.32 Å². The second-order valence-electron chi connectivity index (χ2n) is 9.75. The normalized spacial score (nSPS) is 13.6. The molecule has 37 heavy (non-hydrogen) atoms. The van der Waals surface area contributed by atoms with Gasteiger partial charge in [-0.2, -0.15) is 5.10 Å². The van der Waals surface area contributed by atoms with Crippen molar-refractivity contribution < 1.29 is 9.59 Å². The first-order valence-corrected chi connectivity index (χ1v) is 12.5. The van der Waals surface area contributed by atoms with E-state index in [1.807, 2.05) is 55.1 Å². The summed E-state index contributed by atoms with van der Waals surface area (Å²) in [5, 5.41) is 12.2. The van der Waals surface area contributed by atoms with E-state index >= 15 is 0 Å². The first-order chi connectivity index (χ1) is 18.0. The summed E-state index contributed by atoms with van der Waals surface area (Å²) in [6.07, 6.45) is 7.24. The molecule has 1 aliphatic rings. The molecule has 0 radical (unpaired) electrons. The Kier molecular flexibility index (Phi) is 5.67. The van der Waals surface area contributed by atoms with Crippen molar-refractivity contribution in [3.63, 3.8) is 0 Å². The molecular formula is C28H27N7O2. The second-order valence-corrected chi connectivity index (χ2v) is 9.75. The van der Waals surface area contributed by atoms with Crippen molar-refractivity contribution in [3.05, 3.63) is 60.6 Å². The highest BCUT2D eigenvalue weighted by Gasteiger charge is 2.22. The van der Waals surface area contributed by atoms with E-state index in [1.54, 1.807) is 18.6 Å². The minimum Gasteiger partial charge on any atom is -0.353 e. The molecule has 0 aliphatic carbocycles. The predicted octanol–water partition coefficient (Wildman–Crippen LogP) is 5.00. The minimum absolute atomic E-state index is 0.0639. The fourth-order valence-corrected chi connectivity index (χ4v) is 4.78. The van der Waals surface area contributed by atoms with Crippen molar-refractivity contribution in [1.29, 1.82) is 0 Å². The number of carbonyl (C=O) groups excluding carboxylic acids is 2. The quantitative estimate of drug-likeness (QED) is 0.318. The van der Waals surface area contributed by atoms with Crippen LogP contribution >= 0.6 is 0 Å². The third-order valence-electron chi connectivity index (χ3n) is 6.82. The Labute approximate surface area is 213 Å². The maximum Gasteiger partial charge on any atom is 0.254 e. The van der Waals surface area contributed by atoms with Crippen LogP contribution in [0.4, 0.5) is 5.69 Å². The number of benzene rings is 1. The fourth-order valence-electron chi connectivity index (χ4n) is 4.78. The highest BCUT2D eigenvalue weighted by atomic mass is 16.2. The summed E-state index contributed by atoms with van der Waals surface area (Å²) < 4.78 is 0. The summed E-state index contributed by atoms with van der Waals surface area (Å²) >= 11 is 0. The number of aromatic amines is 2. The minimum atomic E-state index is -0.127. The van der Waals surface area contributed by atoms with E-state index < -0.39 is 0 Å². The number of hydrogen-bond acceptors (Lipinski definition) is 5. The molecule has 0 saturated carbocycles. The second kappa shape index (κ2) is 9.16. The third-order valence-corrected chi connectivity index (χ3v) is 6.82. The number of amides is 2. The Morgan fingerprint density at radius 2 is 1.81 bits per heavy atom. The monoisotopic (exact) mass is 493 g/mol. The fraction of sp³-hybridized carbons (Fsp3) is 0.250. The van der Waals surface area contributed by atoms with Gasteiger partial charge in [-0.25, -0.2) is 4.98 Å². The van der Waals surface area contributed by atoms with E-state index in [0.29, 0.717) is 16.9 Å². The molecule has 1 aliphatic heterocycles. The molecule has 5 aromatic rings. The summed E-state index contributed by atoms with van der Waals surface area (Å²) in [6.45, 7) is 5.31. The molecule has 2 amide bonds. The van der Waals surface area contributed by atoms with Gasteiger partial charge in [-0.1, -0.05) is 19.9 Å². The summed E-state index contributed by atoms with van der Waals surface area (Å²) in [7, 11) is 0. The van der Waals surface area contributed by atoms with E-state index in [9.17, 15) is 9.59 Å². The van der Waals surface area contributed by atoms with E-state index in [0.717, 1.165) is 64.7 Å². The Hall–Kier alpha value is -4.53. The molecule has 0 bridgehead atoms. The number of likely N-dealkylation sites (tertiary alicyclic amines) is 1. The van der Waals surface area contributed by atoms with Crippen molar-refractivity contribution in [1.82, 2.24) is 30.0 Å². The number of rotatable bonds is 5. The topological polar surface area (TPSA) is 120 Å². The Morgan fingerprint density at radius 1 is 1.00 bits per heavy atom. The van der Waals surface area contributed by atoms with Crippen molar-refractivity contribution in [2.75, 3.05) is 18.4 Å². The first-order valence-electron chi connectivity index (χ1n) is 12.5. The van der Waals surface area contributed by atoms with E-state index in [4.69, 9.17) is 0 Å². The van der Waals surface area contributed by atoms with Gasteiger partial charge in [0.2, 0.25) is 5.91 Å². The summed E-state index contributed by atoms with van der Waals surface area (Å²) in [5.74, 6) is -0.120. The average Bonchev–Trinajstić information content (AvgIpc) is 3.67. The number of carbonyl (C=O) groups is 2. The number of pyridine rings is 2. The standard InChI is InChI=1S/C28H27N7O2/c1-16(2)27(36)31-19-10-17(13-29-15-19)18-11-22-25(33-34-26(22)30-14-18)24-12-21-20(6-5-7-23(21)32-24)28(37)35-8-3-4-9-35/h5-7,10-16,32H,3-4,8-9H2,1-2H3,(H,31,36)(H,30,33,34). The largest absolute Gasteiger partial charge is 0.353 e. The molecule has 0 spiro atoms. The third kappa shape index (κ3) is 4.22. The molecule has 3 N–H and O–H groups in total. The number of anilines is 1. The van der Waals surface area contributed by atoms with Gasteiger partial charge < -0.3 is 15.2 Å². The average molecular weight is 494 g/mol. The molecule has 1 aromatic carbocycles. The summed E-state index contributed by atoms with van der Waals surface area (Å²) in [6, 6.07) is 11.7. The molecule has 5 heterocycles. The maximum absolute atomic E-state index is 13.2. The molecule has 0 atom stereocenters. The zero-order valence-electron chi connectivity index (χ0n) is 20.7.